The second-order valence-corrected chi connectivity index (χ2v) is 12.8. The molecule has 7 nitrogen and oxygen atoms in total. The van der Waals surface area contributed by atoms with Crippen molar-refractivity contribution in [2.75, 3.05) is 33.9 Å². The molecule has 0 aliphatic carbocycles. The number of oxime groups is 2. The molecule has 0 atom stereocenters. The van der Waals surface area contributed by atoms with E-state index in [0.717, 1.165) is 77.5 Å². The van der Waals surface area contributed by atoms with Crippen LogP contribution in [0.5, 0.6) is 0 Å². The number of esters is 1. The van der Waals surface area contributed by atoms with Gasteiger partial charge in [0.15, 0.2) is 0 Å². The third kappa shape index (κ3) is 34.9. The molecular formula is C37H73N3O4. The Morgan fingerprint density at radius 3 is 1.48 bits per heavy atom. The summed E-state index contributed by atoms with van der Waals surface area (Å²) in [5, 5.41) is 8.16. The van der Waals surface area contributed by atoms with E-state index in [9.17, 15) is 4.79 Å². The molecule has 0 aliphatic rings. The van der Waals surface area contributed by atoms with Crippen molar-refractivity contribution in [3.8, 4) is 0 Å². The van der Waals surface area contributed by atoms with Gasteiger partial charge in [0.25, 0.3) is 0 Å². The fourth-order valence-corrected chi connectivity index (χ4v) is 5.18. The third-order valence-electron chi connectivity index (χ3n) is 7.98. The molecule has 44 heavy (non-hydrogen) atoms. The topological polar surface area (TPSA) is 72.7 Å². The zero-order valence-corrected chi connectivity index (χ0v) is 29.7. The molecule has 0 amide bonds. The van der Waals surface area contributed by atoms with Crippen LogP contribution < -0.4 is 0 Å². The predicted octanol–water partition coefficient (Wildman–Crippen LogP) is 10.6. The molecule has 0 bridgehead atoms. The van der Waals surface area contributed by atoms with Crippen LogP contribution in [0.1, 0.15) is 181 Å². The van der Waals surface area contributed by atoms with Gasteiger partial charge in [0, 0.05) is 18.9 Å². The first-order valence-electron chi connectivity index (χ1n) is 18.7. The van der Waals surface area contributed by atoms with E-state index in [1.807, 2.05) is 26.5 Å². The Hall–Kier alpha value is -1.63. The highest BCUT2D eigenvalue weighted by molar-refractivity contribution is 5.69. The second kappa shape index (κ2) is 35.8. The summed E-state index contributed by atoms with van der Waals surface area (Å²) in [6.07, 6.45) is 33.7. The average Bonchev–Trinajstić information content (AvgIpc) is 3.00. The van der Waals surface area contributed by atoms with Gasteiger partial charge in [0.05, 0.1) is 0 Å². The molecule has 0 N–H and O–H groups in total. The molecule has 0 heterocycles. The van der Waals surface area contributed by atoms with Gasteiger partial charge in [-0.15, -0.1) is 0 Å². The van der Waals surface area contributed by atoms with Crippen molar-refractivity contribution in [2.24, 2.45) is 10.3 Å². The predicted molar refractivity (Wildman–Crippen MR) is 189 cm³/mol. The Morgan fingerprint density at radius 2 is 1.02 bits per heavy atom. The second-order valence-electron chi connectivity index (χ2n) is 12.8. The molecule has 0 radical (unpaired) electrons. The van der Waals surface area contributed by atoms with Crippen molar-refractivity contribution >= 4 is 18.4 Å². The number of nitrogens with zero attached hydrogens (tertiary/aromatic N) is 3. The van der Waals surface area contributed by atoms with E-state index in [2.05, 4.69) is 29.1 Å². The minimum atomic E-state index is -0.0185. The molecule has 0 unspecified atom stereocenters. The van der Waals surface area contributed by atoms with Crippen molar-refractivity contribution in [2.45, 2.75) is 187 Å². The lowest BCUT2D eigenvalue weighted by molar-refractivity contribution is -0.150. The highest BCUT2D eigenvalue weighted by Crippen LogP contribution is 2.18. The quantitative estimate of drug-likeness (QED) is 0.0304. The zero-order valence-electron chi connectivity index (χ0n) is 29.7. The van der Waals surface area contributed by atoms with Crippen LogP contribution >= 0.6 is 0 Å². The first kappa shape index (κ1) is 42.4. The van der Waals surface area contributed by atoms with Crippen molar-refractivity contribution in [3.05, 3.63) is 0 Å². The molecule has 0 fully saturated rings. The maximum atomic E-state index is 12.5. The Bertz CT molecular complexity index is 602. The van der Waals surface area contributed by atoms with Crippen LogP contribution in [0.2, 0.25) is 0 Å². The molecule has 0 spiro atoms. The molecular weight excluding hydrogens is 550 g/mol. The van der Waals surface area contributed by atoms with Gasteiger partial charge in [-0.2, -0.15) is 0 Å². The number of carbonyl (C=O) groups is 1. The molecule has 0 saturated carbocycles. The lowest BCUT2D eigenvalue weighted by Gasteiger charge is -2.18. The van der Waals surface area contributed by atoms with Crippen molar-refractivity contribution in [1.29, 1.82) is 0 Å². The van der Waals surface area contributed by atoms with E-state index < -0.39 is 0 Å². The molecule has 0 aromatic rings. The van der Waals surface area contributed by atoms with E-state index in [1.54, 1.807) is 0 Å². The minimum Gasteiger partial charge on any atom is -0.462 e. The van der Waals surface area contributed by atoms with Gasteiger partial charge in [-0.1, -0.05) is 101 Å². The van der Waals surface area contributed by atoms with Crippen LogP contribution in [-0.4, -0.2) is 63.3 Å². The number of ether oxygens (including phenoxy) is 1. The highest BCUT2D eigenvalue weighted by Gasteiger charge is 2.14. The van der Waals surface area contributed by atoms with Gasteiger partial charge in [-0.3, -0.25) is 4.79 Å². The Labute approximate surface area is 273 Å². The van der Waals surface area contributed by atoms with E-state index in [-0.39, 0.29) is 12.1 Å². The number of hydrogen-bond donors (Lipinski definition) is 0. The van der Waals surface area contributed by atoms with Crippen LogP contribution in [0.15, 0.2) is 10.3 Å². The molecule has 0 aromatic carbocycles. The van der Waals surface area contributed by atoms with Gasteiger partial charge < -0.3 is 19.3 Å². The fourth-order valence-electron chi connectivity index (χ4n) is 5.18. The van der Waals surface area contributed by atoms with Gasteiger partial charge >= 0.3 is 5.97 Å². The van der Waals surface area contributed by atoms with E-state index in [0.29, 0.717) is 6.42 Å². The Kier molecular flexibility index (Phi) is 34.5. The molecule has 0 aromatic heterocycles. The zero-order chi connectivity index (χ0) is 32.2. The van der Waals surface area contributed by atoms with Crippen molar-refractivity contribution in [1.82, 2.24) is 4.90 Å². The molecule has 0 aliphatic heterocycles. The smallest absolute Gasteiger partial charge is 0.306 e. The molecule has 7 heteroatoms. The monoisotopic (exact) mass is 624 g/mol. The minimum absolute atomic E-state index is 0.0185. The number of carbonyl (C=O) groups excluding carboxylic acids is 1. The van der Waals surface area contributed by atoms with E-state index >= 15 is 0 Å². The van der Waals surface area contributed by atoms with Gasteiger partial charge in [0.2, 0.25) is 0 Å². The molecule has 0 rings (SSSR count). The summed E-state index contributed by atoms with van der Waals surface area (Å²) >= 11 is 0. The van der Waals surface area contributed by atoms with Crippen molar-refractivity contribution < 1.29 is 19.2 Å². The normalized spacial score (nSPS) is 11.9. The number of unbranched alkanes of at least 4 members (excludes halogenated alkanes) is 18. The van der Waals surface area contributed by atoms with Crippen LogP contribution in [-0.2, 0) is 19.2 Å². The SMILES string of the molecule is CCCCCCO/N=C\CCCCCCCCC(CCCCCCCC/C=N\OCCCCCC)OC(=O)CCCN(C)C. The summed E-state index contributed by atoms with van der Waals surface area (Å²) in [6.45, 7) is 6.86. The van der Waals surface area contributed by atoms with Crippen molar-refractivity contribution in [3.63, 3.8) is 0 Å². The summed E-state index contributed by atoms with van der Waals surface area (Å²) in [5.41, 5.74) is 0. The number of hydrogen-bond acceptors (Lipinski definition) is 7. The van der Waals surface area contributed by atoms with E-state index in [1.165, 1.54) is 103 Å². The fraction of sp³-hybridized carbons (Fsp3) is 0.919. The summed E-state index contributed by atoms with van der Waals surface area (Å²) in [5.74, 6) is -0.0185. The summed E-state index contributed by atoms with van der Waals surface area (Å²) in [7, 11) is 4.09. The number of rotatable bonds is 35. The van der Waals surface area contributed by atoms with Gasteiger partial charge in [-0.05, 0) is 104 Å². The first-order chi connectivity index (χ1) is 21.6. The molecule has 260 valence electrons. The summed E-state index contributed by atoms with van der Waals surface area (Å²) in [4.78, 5) is 25.3. The molecule has 0 saturated heterocycles. The van der Waals surface area contributed by atoms with Crippen LogP contribution in [0.4, 0.5) is 0 Å². The third-order valence-corrected chi connectivity index (χ3v) is 7.98. The highest BCUT2D eigenvalue weighted by atomic mass is 16.6. The maximum Gasteiger partial charge on any atom is 0.306 e. The standard InChI is InChI=1S/C37H73N3O4/c1-5-7-9-25-34-42-38-31-23-19-15-11-13-17-21-28-36(44-37(41)30-27-33-40(3)4)29-22-18-14-12-16-20-24-32-39-43-35-26-10-8-6-2/h31-32,36H,5-30,33-35H2,1-4H3/b38-31-,39-32-. The van der Waals surface area contributed by atoms with Crippen LogP contribution in [0.3, 0.4) is 0 Å². The van der Waals surface area contributed by atoms with Crippen LogP contribution in [0.25, 0.3) is 0 Å². The largest absolute Gasteiger partial charge is 0.462 e. The maximum absolute atomic E-state index is 12.5. The average molecular weight is 624 g/mol. The Morgan fingerprint density at radius 1 is 0.591 bits per heavy atom. The lowest BCUT2D eigenvalue weighted by Crippen LogP contribution is -2.20. The summed E-state index contributed by atoms with van der Waals surface area (Å²) in [6, 6.07) is 0. The lowest BCUT2D eigenvalue weighted by atomic mass is 10.0. The summed E-state index contributed by atoms with van der Waals surface area (Å²) < 4.78 is 5.96. The van der Waals surface area contributed by atoms with E-state index in [4.69, 9.17) is 14.4 Å². The van der Waals surface area contributed by atoms with Gasteiger partial charge in [0.1, 0.15) is 19.3 Å². The first-order valence-corrected chi connectivity index (χ1v) is 18.7. The Balaban J connectivity index is 3.97. The van der Waals surface area contributed by atoms with Gasteiger partial charge in [-0.25, -0.2) is 0 Å². The van der Waals surface area contributed by atoms with Crippen LogP contribution in [0, 0.1) is 0 Å².